The van der Waals surface area contributed by atoms with Crippen molar-refractivity contribution in [1.29, 1.82) is 0 Å². The van der Waals surface area contributed by atoms with Crippen molar-refractivity contribution >= 4 is 50.3 Å². The highest BCUT2D eigenvalue weighted by atomic mass is 32.2. The summed E-state index contributed by atoms with van der Waals surface area (Å²) < 4.78 is 7.63. The molecule has 0 bridgehead atoms. The van der Waals surface area contributed by atoms with Gasteiger partial charge in [0.25, 0.3) is 4.96 Å². The fourth-order valence-electron chi connectivity index (χ4n) is 2.40. The molecule has 1 N–H and O–H groups in total. The van der Waals surface area contributed by atoms with Crippen molar-refractivity contribution in [3.05, 3.63) is 21.7 Å². The third-order valence-electron chi connectivity index (χ3n) is 3.47. The third kappa shape index (κ3) is 3.09. The van der Waals surface area contributed by atoms with Crippen LogP contribution >= 0.6 is 34.4 Å². The molecule has 4 heterocycles. The number of fused-ring (bicyclic) bond motifs is 1. The fraction of sp³-hybridized carbons (Fsp3) is 0.417. The van der Waals surface area contributed by atoms with Gasteiger partial charge in [0.2, 0.25) is 10.2 Å². The van der Waals surface area contributed by atoms with Gasteiger partial charge in [-0.3, -0.25) is 0 Å². The van der Waals surface area contributed by atoms with E-state index < -0.39 is 4.92 Å². The predicted octanol–water partition coefficient (Wildman–Crippen LogP) is 2.90. The number of thiazole rings is 1. The molecule has 1 unspecified atom stereocenters. The molecule has 126 valence electrons. The van der Waals surface area contributed by atoms with Crippen LogP contribution in [0.1, 0.15) is 12.8 Å². The average molecular weight is 384 g/mol. The minimum absolute atomic E-state index is 0.0414. The quantitative estimate of drug-likeness (QED) is 0.510. The summed E-state index contributed by atoms with van der Waals surface area (Å²) in [6.07, 6.45) is 3.99. The number of ether oxygens (including phenoxy) is 1. The predicted molar refractivity (Wildman–Crippen MR) is 91.2 cm³/mol. The first-order valence-corrected chi connectivity index (χ1v) is 9.69. The van der Waals surface area contributed by atoms with E-state index in [1.165, 1.54) is 27.1 Å². The lowest BCUT2D eigenvalue weighted by molar-refractivity contribution is -0.393. The van der Waals surface area contributed by atoms with Crippen LogP contribution < -0.4 is 5.32 Å². The minimum Gasteiger partial charge on any atom is -0.376 e. The monoisotopic (exact) mass is 384 g/mol. The smallest absolute Gasteiger partial charge is 0.363 e. The highest BCUT2D eigenvalue weighted by Gasteiger charge is 2.25. The number of aromatic nitrogens is 4. The number of anilines is 1. The Morgan fingerprint density at radius 3 is 3.25 bits per heavy atom. The topological polar surface area (TPSA) is 107 Å². The van der Waals surface area contributed by atoms with Gasteiger partial charge in [0.1, 0.15) is 6.20 Å². The van der Waals surface area contributed by atoms with Gasteiger partial charge >= 0.3 is 5.82 Å². The van der Waals surface area contributed by atoms with Gasteiger partial charge in [-0.05, 0) is 29.5 Å². The standard InChI is InChI=1S/C12H12N6O3S3/c19-18(20)9-8(14-11-17(9)3-5-22-11)23-12-16-15-10(24-12)13-6-7-2-1-4-21-7/h3,5,7H,1-2,4,6H2,(H,13,15). The first-order valence-electron chi connectivity index (χ1n) is 7.17. The van der Waals surface area contributed by atoms with Crippen LogP contribution in [0, 0.1) is 10.1 Å². The number of rotatable bonds is 6. The maximum atomic E-state index is 11.3. The van der Waals surface area contributed by atoms with E-state index in [-0.39, 0.29) is 11.9 Å². The summed E-state index contributed by atoms with van der Waals surface area (Å²) >= 11 is 3.86. The second kappa shape index (κ2) is 6.63. The van der Waals surface area contributed by atoms with Gasteiger partial charge < -0.3 is 20.2 Å². The van der Waals surface area contributed by atoms with Crippen molar-refractivity contribution in [2.45, 2.75) is 28.3 Å². The van der Waals surface area contributed by atoms with Gasteiger partial charge in [0, 0.05) is 18.5 Å². The summed E-state index contributed by atoms with van der Waals surface area (Å²) in [4.78, 5) is 15.8. The molecule has 0 saturated carbocycles. The van der Waals surface area contributed by atoms with Crippen LogP contribution in [0.4, 0.5) is 10.9 Å². The van der Waals surface area contributed by atoms with Gasteiger partial charge in [-0.25, -0.2) is 0 Å². The molecular formula is C12H12N6O3S3. The Kier molecular flexibility index (Phi) is 4.35. The van der Waals surface area contributed by atoms with Gasteiger partial charge in [0.05, 0.1) is 6.10 Å². The van der Waals surface area contributed by atoms with E-state index in [1.807, 2.05) is 0 Å². The zero-order valence-electron chi connectivity index (χ0n) is 12.2. The molecular weight excluding hydrogens is 372 g/mol. The van der Waals surface area contributed by atoms with Crippen molar-refractivity contribution in [2.24, 2.45) is 0 Å². The number of imidazole rings is 1. The molecule has 0 amide bonds. The third-order valence-corrected chi connectivity index (χ3v) is 6.13. The Morgan fingerprint density at radius 1 is 1.54 bits per heavy atom. The maximum Gasteiger partial charge on any atom is 0.363 e. The van der Waals surface area contributed by atoms with Crippen LogP contribution in [0.2, 0.25) is 0 Å². The number of hydrogen-bond donors (Lipinski definition) is 1. The van der Waals surface area contributed by atoms with Crippen LogP contribution in [-0.4, -0.2) is 43.8 Å². The molecule has 0 spiro atoms. The lowest BCUT2D eigenvalue weighted by atomic mass is 10.2. The molecule has 1 saturated heterocycles. The highest BCUT2D eigenvalue weighted by molar-refractivity contribution is 8.01. The first-order chi connectivity index (χ1) is 11.7. The van der Waals surface area contributed by atoms with Crippen molar-refractivity contribution in [3.63, 3.8) is 0 Å². The Bertz CT molecular complexity index is 869. The fourth-order valence-corrected chi connectivity index (χ4v) is 4.93. The van der Waals surface area contributed by atoms with Gasteiger partial charge in [-0.15, -0.1) is 10.2 Å². The Balaban J connectivity index is 1.48. The molecule has 24 heavy (non-hydrogen) atoms. The largest absolute Gasteiger partial charge is 0.376 e. The summed E-state index contributed by atoms with van der Waals surface area (Å²) in [6.45, 7) is 1.50. The zero-order valence-corrected chi connectivity index (χ0v) is 14.7. The average Bonchev–Trinajstić information content (AvgIpc) is 3.30. The van der Waals surface area contributed by atoms with Crippen LogP contribution in [0.25, 0.3) is 4.96 Å². The van der Waals surface area contributed by atoms with E-state index in [4.69, 9.17) is 4.74 Å². The summed E-state index contributed by atoms with van der Waals surface area (Å²) in [5.74, 6) is -0.0414. The molecule has 1 fully saturated rings. The maximum absolute atomic E-state index is 11.3. The molecule has 12 heteroatoms. The van der Waals surface area contributed by atoms with Crippen LogP contribution in [0.15, 0.2) is 20.9 Å². The zero-order chi connectivity index (χ0) is 16.5. The molecule has 9 nitrogen and oxygen atoms in total. The first kappa shape index (κ1) is 15.7. The molecule has 3 aromatic rings. The Labute approximate surface area is 148 Å². The number of hydrogen-bond acceptors (Lipinski definition) is 10. The lowest BCUT2D eigenvalue weighted by Crippen LogP contribution is -2.18. The van der Waals surface area contributed by atoms with E-state index >= 15 is 0 Å². The van der Waals surface area contributed by atoms with E-state index in [0.29, 0.717) is 26.0 Å². The molecule has 1 aliphatic heterocycles. The van der Waals surface area contributed by atoms with Crippen LogP contribution in [0.3, 0.4) is 0 Å². The van der Waals surface area contributed by atoms with E-state index in [0.717, 1.165) is 31.2 Å². The Hall–Kier alpha value is -1.76. The molecule has 0 aromatic carbocycles. The van der Waals surface area contributed by atoms with Gasteiger partial charge in [-0.2, -0.15) is 9.38 Å². The lowest BCUT2D eigenvalue weighted by Gasteiger charge is -2.08. The van der Waals surface area contributed by atoms with E-state index in [1.54, 1.807) is 11.6 Å². The second-order valence-electron chi connectivity index (χ2n) is 5.04. The van der Waals surface area contributed by atoms with Crippen molar-refractivity contribution in [3.8, 4) is 0 Å². The molecule has 4 rings (SSSR count). The number of nitro groups is 1. The molecule has 0 aliphatic carbocycles. The van der Waals surface area contributed by atoms with Crippen molar-refractivity contribution < 1.29 is 9.66 Å². The van der Waals surface area contributed by atoms with E-state index in [2.05, 4.69) is 20.5 Å². The van der Waals surface area contributed by atoms with Crippen LogP contribution in [0.5, 0.6) is 0 Å². The molecule has 0 radical (unpaired) electrons. The van der Waals surface area contributed by atoms with Crippen LogP contribution in [-0.2, 0) is 4.74 Å². The second-order valence-corrected chi connectivity index (χ2v) is 8.13. The van der Waals surface area contributed by atoms with Crippen molar-refractivity contribution in [2.75, 3.05) is 18.5 Å². The minimum atomic E-state index is -0.424. The summed E-state index contributed by atoms with van der Waals surface area (Å²) in [5, 5.41) is 25.4. The highest BCUT2D eigenvalue weighted by Crippen LogP contribution is 2.38. The van der Waals surface area contributed by atoms with Gasteiger partial charge in [0.15, 0.2) is 4.34 Å². The molecule has 3 aromatic heterocycles. The Morgan fingerprint density at radius 2 is 2.46 bits per heavy atom. The summed E-state index contributed by atoms with van der Waals surface area (Å²) in [7, 11) is 0. The summed E-state index contributed by atoms with van der Waals surface area (Å²) in [6, 6.07) is 0. The molecule has 1 atom stereocenters. The normalized spacial score (nSPS) is 17.6. The summed E-state index contributed by atoms with van der Waals surface area (Å²) in [5.41, 5.74) is 0. The van der Waals surface area contributed by atoms with Crippen molar-refractivity contribution in [1.82, 2.24) is 19.6 Å². The van der Waals surface area contributed by atoms with Gasteiger partial charge in [-0.1, -0.05) is 22.7 Å². The number of nitrogens with zero attached hydrogens (tertiary/aromatic N) is 5. The van der Waals surface area contributed by atoms with E-state index in [9.17, 15) is 10.1 Å². The number of nitrogens with one attached hydrogen (secondary N) is 1. The SMILES string of the molecule is O=[N+]([O-])c1c(Sc2nnc(NCC3CCCO3)s2)nc2sccn12. The molecule has 1 aliphatic rings.